The van der Waals surface area contributed by atoms with E-state index in [1.54, 1.807) is 0 Å². The smallest absolute Gasteiger partial charge is 0.304 e. The highest BCUT2D eigenvalue weighted by atomic mass is 16.6. The Morgan fingerprint density at radius 1 is 1.33 bits per heavy atom. The van der Waals surface area contributed by atoms with Gasteiger partial charge in [0, 0.05) is 18.6 Å². The van der Waals surface area contributed by atoms with Gasteiger partial charge < -0.3 is 14.6 Å². The Labute approximate surface area is 125 Å². The van der Waals surface area contributed by atoms with Gasteiger partial charge in [0.25, 0.3) is 0 Å². The lowest BCUT2D eigenvalue weighted by Gasteiger charge is -2.38. The van der Waals surface area contributed by atoms with Crippen LogP contribution in [-0.4, -0.2) is 47.3 Å². The van der Waals surface area contributed by atoms with Gasteiger partial charge in [0.2, 0.25) is 0 Å². The molecule has 1 atom stereocenters. The summed E-state index contributed by atoms with van der Waals surface area (Å²) in [5, 5.41) is 8.88. The minimum absolute atomic E-state index is 0.0899. The maximum Gasteiger partial charge on any atom is 0.304 e. The van der Waals surface area contributed by atoms with Gasteiger partial charge in [0.15, 0.2) is 11.5 Å². The summed E-state index contributed by atoms with van der Waals surface area (Å²) in [6.45, 7) is 7.85. The van der Waals surface area contributed by atoms with E-state index in [0.717, 1.165) is 11.5 Å². The van der Waals surface area contributed by atoms with Crippen LogP contribution in [0.5, 0.6) is 11.5 Å². The first kappa shape index (κ1) is 15.6. The number of ether oxygens (including phenoxy) is 2. The Morgan fingerprint density at radius 3 is 2.62 bits per heavy atom. The number of nitrogens with zero attached hydrogens (tertiary/aromatic N) is 1. The number of hydrogen-bond donors (Lipinski definition) is 1. The van der Waals surface area contributed by atoms with Gasteiger partial charge in [-0.2, -0.15) is 0 Å². The zero-order chi connectivity index (χ0) is 15.5. The highest BCUT2D eigenvalue weighted by Gasteiger charge is 2.28. The molecule has 1 aromatic carbocycles. The summed E-state index contributed by atoms with van der Waals surface area (Å²) in [6.07, 6.45) is 0.0365. The number of carboxylic acid groups (broad SMARTS) is 1. The molecule has 0 saturated heterocycles. The maximum atomic E-state index is 10.8. The third-order valence-electron chi connectivity index (χ3n) is 3.54. The zero-order valence-corrected chi connectivity index (χ0v) is 12.8. The summed E-state index contributed by atoms with van der Waals surface area (Å²) in [5.41, 5.74) is -0.115. The normalized spacial score (nSPS) is 17.8. The van der Waals surface area contributed by atoms with E-state index >= 15 is 0 Å². The number of carbonyl (C=O) groups is 1. The first-order valence-corrected chi connectivity index (χ1v) is 7.21. The molecular formula is C16H23NO4. The van der Waals surface area contributed by atoms with Crippen molar-refractivity contribution < 1.29 is 19.4 Å². The summed E-state index contributed by atoms with van der Waals surface area (Å²) < 4.78 is 11.7. The second-order valence-electron chi connectivity index (χ2n) is 6.26. The number of para-hydroxylation sites is 2. The van der Waals surface area contributed by atoms with Crippen LogP contribution >= 0.6 is 0 Å². The molecule has 1 aromatic rings. The van der Waals surface area contributed by atoms with Crippen molar-refractivity contribution in [2.45, 2.75) is 38.8 Å². The van der Waals surface area contributed by atoms with E-state index in [4.69, 9.17) is 14.6 Å². The molecule has 1 N–H and O–H groups in total. The zero-order valence-electron chi connectivity index (χ0n) is 12.8. The van der Waals surface area contributed by atoms with Gasteiger partial charge in [0.1, 0.15) is 12.7 Å². The molecule has 21 heavy (non-hydrogen) atoms. The van der Waals surface area contributed by atoms with Crippen molar-refractivity contribution in [1.82, 2.24) is 4.90 Å². The number of benzene rings is 1. The van der Waals surface area contributed by atoms with E-state index < -0.39 is 5.97 Å². The molecule has 0 fully saturated rings. The topological polar surface area (TPSA) is 59.0 Å². The molecule has 116 valence electrons. The van der Waals surface area contributed by atoms with Crippen LogP contribution in [0.25, 0.3) is 0 Å². The van der Waals surface area contributed by atoms with E-state index in [-0.39, 0.29) is 18.1 Å². The quantitative estimate of drug-likeness (QED) is 0.903. The van der Waals surface area contributed by atoms with Gasteiger partial charge in [-0.3, -0.25) is 9.69 Å². The average Bonchev–Trinajstić information content (AvgIpc) is 2.41. The summed E-state index contributed by atoms with van der Waals surface area (Å²) in [7, 11) is 0. The van der Waals surface area contributed by atoms with Gasteiger partial charge in [-0.25, -0.2) is 0 Å². The van der Waals surface area contributed by atoms with Crippen molar-refractivity contribution in [1.29, 1.82) is 0 Å². The van der Waals surface area contributed by atoms with Crippen LogP contribution in [0.2, 0.25) is 0 Å². The molecule has 0 amide bonds. The van der Waals surface area contributed by atoms with Crippen LogP contribution < -0.4 is 9.47 Å². The lowest BCUT2D eigenvalue weighted by atomic mass is 10.0. The standard InChI is InChI=1S/C16H23NO4/c1-16(2,3)17(9-8-15(18)19)10-12-11-20-13-6-4-5-7-14(13)21-12/h4-7,12H,8-11H2,1-3H3,(H,18,19). The van der Waals surface area contributed by atoms with Crippen molar-refractivity contribution in [2.24, 2.45) is 0 Å². The van der Waals surface area contributed by atoms with Crippen LogP contribution in [0.3, 0.4) is 0 Å². The fourth-order valence-electron chi connectivity index (χ4n) is 2.33. The largest absolute Gasteiger partial charge is 0.486 e. The van der Waals surface area contributed by atoms with Gasteiger partial charge in [-0.15, -0.1) is 0 Å². The molecule has 0 radical (unpaired) electrons. The van der Waals surface area contributed by atoms with Crippen LogP contribution in [0.15, 0.2) is 24.3 Å². The van der Waals surface area contributed by atoms with Gasteiger partial charge in [0.05, 0.1) is 6.42 Å². The third-order valence-corrected chi connectivity index (χ3v) is 3.54. The van der Waals surface area contributed by atoms with Crippen LogP contribution in [0, 0.1) is 0 Å². The van der Waals surface area contributed by atoms with E-state index in [0.29, 0.717) is 19.7 Å². The molecule has 0 bridgehead atoms. The molecular weight excluding hydrogens is 270 g/mol. The Kier molecular flexibility index (Phi) is 4.73. The number of carboxylic acids is 1. The van der Waals surface area contributed by atoms with E-state index in [1.807, 2.05) is 24.3 Å². The second-order valence-corrected chi connectivity index (χ2v) is 6.26. The minimum Gasteiger partial charge on any atom is -0.486 e. The lowest BCUT2D eigenvalue weighted by molar-refractivity contribution is -0.137. The van der Waals surface area contributed by atoms with Crippen molar-refractivity contribution in [3.8, 4) is 11.5 Å². The van der Waals surface area contributed by atoms with Gasteiger partial charge >= 0.3 is 5.97 Å². The average molecular weight is 293 g/mol. The highest BCUT2D eigenvalue weighted by molar-refractivity contribution is 5.66. The predicted octanol–water partition coefficient (Wildman–Crippen LogP) is 2.40. The lowest BCUT2D eigenvalue weighted by Crippen LogP contribution is -2.49. The molecule has 1 aliphatic heterocycles. The second kappa shape index (κ2) is 6.35. The Morgan fingerprint density at radius 2 is 2.00 bits per heavy atom. The molecule has 2 rings (SSSR count). The highest BCUT2D eigenvalue weighted by Crippen LogP contribution is 2.31. The van der Waals surface area contributed by atoms with Crippen LogP contribution in [0.4, 0.5) is 0 Å². The third kappa shape index (κ3) is 4.36. The van der Waals surface area contributed by atoms with Crippen molar-refractivity contribution in [2.75, 3.05) is 19.7 Å². The molecule has 5 nitrogen and oxygen atoms in total. The fraction of sp³-hybridized carbons (Fsp3) is 0.562. The molecule has 0 aliphatic carbocycles. The first-order valence-electron chi connectivity index (χ1n) is 7.21. The molecule has 1 heterocycles. The predicted molar refractivity (Wildman–Crippen MR) is 79.9 cm³/mol. The van der Waals surface area contributed by atoms with Crippen molar-refractivity contribution in [3.63, 3.8) is 0 Å². The Balaban J connectivity index is 1.99. The maximum absolute atomic E-state index is 10.8. The Bertz CT molecular complexity index is 495. The van der Waals surface area contributed by atoms with E-state index in [1.165, 1.54) is 0 Å². The molecule has 1 aliphatic rings. The number of rotatable bonds is 5. The van der Waals surface area contributed by atoms with E-state index in [2.05, 4.69) is 25.7 Å². The molecule has 0 spiro atoms. The number of fused-ring (bicyclic) bond motifs is 1. The van der Waals surface area contributed by atoms with Crippen LogP contribution in [0.1, 0.15) is 27.2 Å². The monoisotopic (exact) mass is 293 g/mol. The van der Waals surface area contributed by atoms with Crippen LogP contribution in [-0.2, 0) is 4.79 Å². The van der Waals surface area contributed by atoms with Crippen molar-refractivity contribution in [3.05, 3.63) is 24.3 Å². The SMILES string of the molecule is CC(C)(C)N(CCC(=O)O)CC1COc2ccccc2O1. The van der Waals surface area contributed by atoms with Crippen molar-refractivity contribution >= 4 is 5.97 Å². The van der Waals surface area contributed by atoms with E-state index in [9.17, 15) is 4.79 Å². The fourth-order valence-corrected chi connectivity index (χ4v) is 2.33. The minimum atomic E-state index is -0.782. The number of aliphatic carboxylic acids is 1. The molecule has 1 unspecified atom stereocenters. The van der Waals surface area contributed by atoms with Gasteiger partial charge in [-0.05, 0) is 32.9 Å². The summed E-state index contributed by atoms with van der Waals surface area (Å²) in [5.74, 6) is 0.734. The summed E-state index contributed by atoms with van der Waals surface area (Å²) in [4.78, 5) is 12.9. The molecule has 0 aromatic heterocycles. The number of hydrogen-bond acceptors (Lipinski definition) is 4. The van der Waals surface area contributed by atoms with Gasteiger partial charge in [-0.1, -0.05) is 12.1 Å². The summed E-state index contributed by atoms with van der Waals surface area (Å²) in [6, 6.07) is 7.60. The molecule has 5 heteroatoms. The Hall–Kier alpha value is -1.75. The first-order chi connectivity index (χ1) is 9.86. The summed E-state index contributed by atoms with van der Waals surface area (Å²) >= 11 is 0. The molecule has 0 saturated carbocycles.